The van der Waals surface area contributed by atoms with Crippen molar-refractivity contribution in [3.05, 3.63) is 17.2 Å². The molecule has 0 unspecified atom stereocenters. The summed E-state index contributed by atoms with van der Waals surface area (Å²) in [5.74, 6) is 0.249. The van der Waals surface area contributed by atoms with Gasteiger partial charge in [-0.1, -0.05) is 11.6 Å². The molecule has 0 bridgehead atoms. The summed E-state index contributed by atoms with van der Waals surface area (Å²) in [6, 6.07) is 3.26. The maximum absolute atomic E-state index is 11.5. The lowest BCUT2D eigenvalue weighted by Gasteiger charge is -2.20. The number of fused-ring (bicyclic) bond motifs is 1. The molecule has 1 aliphatic rings. The number of nitrogens with zero attached hydrogens (tertiary/aromatic N) is 1. The van der Waals surface area contributed by atoms with Crippen LogP contribution >= 0.6 is 11.6 Å². The molecule has 1 heterocycles. The second-order valence-corrected chi connectivity index (χ2v) is 4.71. The van der Waals surface area contributed by atoms with E-state index >= 15 is 0 Å². The molecule has 0 fully saturated rings. The number of carbonyl (C=O) groups is 2. The number of rotatable bonds is 3. The maximum atomic E-state index is 11.5. The van der Waals surface area contributed by atoms with E-state index in [4.69, 9.17) is 16.3 Å². The van der Waals surface area contributed by atoms with Gasteiger partial charge in [0.1, 0.15) is 5.75 Å². The van der Waals surface area contributed by atoms with Gasteiger partial charge in [0.15, 0.2) is 6.61 Å². The minimum Gasteiger partial charge on any atom is -0.482 e. The van der Waals surface area contributed by atoms with E-state index in [-0.39, 0.29) is 25.0 Å². The molecule has 0 atom stereocenters. The molecule has 102 valence electrons. The Morgan fingerprint density at radius 1 is 1.53 bits per heavy atom. The average molecular weight is 284 g/mol. The van der Waals surface area contributed by atoms with Crippen molar-refractivity contribution in [2.75, 3.05) is 37.9 Å². The summed E-state index contributed by atoms with van der Waals surface area (Å²) in [7, 11) is 3.36. The van der Waals surface area contributed by atoms with Gasteiger partial charge in [0.05, 0.1) is 22.9 Å². The van der Waals surface area contributed by atoms with E-state index in [2.05, 4.69) is 10.6 Å². The highest BCUT2D eigenvalue weighted by molar-refractivity contribution is 6.33. The molecule has 0 aliphatic carbocycles. The molecule has 2 N–H and O–H groups in total. The summed E-state index contributed by atoms with van der Waals surface area (Å²) in [5.41, 5.74) is 1.12. The van der Waals surface area contributed by atoms with Gasteiger partial charge in [-0.15, -0.1) is 0 Å². The third kappa shape index (κ3) is 3.08. The largest absolute Gasteiger partial charge is 0.482 e. The number of carbonyl (C=O) groups excluding carboxylic acids is 2. The normalized spacial score (nSPS) is 13.1. The number of ether oxygens (including phenoxy) is 1. The molecular weight excluding hydrogens is 270 g/mol. The van der Waals surface area contributed by atoms with Crippen molar-refractivity contribution in [3.8, 4) is 5.75 Å². The van der Waals surface area contributed by atoms with Crippen LogP contribution < -0.4 is 15.4 Å². The van der Waals surface area contributed by atoms with Crippen LogP contribution in [0.4, 0.5) is 11.4 Å². The third-order valence-corrected chi connectivity index (χ3v) is 2.94. The quantitative estimate of drug-likeness (QED) is 0.874. The summed E-state index contributed by atoms with van der Waals surface area (Å²) in [5, 5.41) is 6.01. The van der Waals surface area contributed by atoms with Gasteiger partial charge in [0.25, 0.3) is 5.91 Å². The Bertz CT molecular complexity index is 531. The predicted molar refractivity (Wildman–Crippen MR) is 72.8 cm³/mol. The Balaban J connectivity index is 2.14. The maximum Gasteiger partial charge on any atom is 0.262 e. The number of benzene rings is 1. The molecule has 0 spiro atoms. The van der Waals surface area contributed by atoms with E-state index in [1.54, 1.807) is 26.2 Å². The first kappa shape index (κ1) is 13.5. The summed E-state index contributed by atoms with van der Waals surface area (Å²) in [6.07, 6.45) is 0. The van der Waals surface area contributed by atoms with Crippen LogP contribution in [0.1, 0.15) is 0 Å². The van der Waals surface area contributed by atoms with Gasteiger partial charge in [-0.2, -0.15) is 0 Å². The molecule has 0 aromatic heterocycles. The number of hydrogen-bond acceptors (Lipinski definition) is 4. The van der Waals surface area contributed by atoms with E-state index in [1.165, 1.54) is 4.90 Å². The SMILES string of the molecule is CN(C)C(=O)CNc1cc2c(cc1Cl)NC(=O)CO2. The van der Waals surface area contributed by atoms with Crippen LogP contribution in [0.5, 0.6) is 5.75 Å². The molecule has 1 aliphatic heterocycles. The molecule has 1 aromatic carbocycles. The second-order valence-electron chi connectivity index (χ2n) is 4.31. The zero-order chi connectivity index (χ0) is 14.0. The first-order chi connectivity index (χ1) is 8.97. The number of nitrogens with one attached hydrogen (secondary N) is 2. The Labute approximate surface area is 115 Å². The number of hydrogen-bond donors (Lipinski definition) is 2. The molecular formula is C12H14ClN3O3. The zero-order valence-electron chi connectivity index (χ0n) is 10.6. The third-order valence-electron chi connectivity index (χ3n) is 2.63. The van der Waals surface area contributed by atoms with Crippen LogP contribution in [0, 0.1) is 0 Å². The predicted octanol–water partition coefficient (Wildman–Crippen LogP) is 1.17. The lowest BCUT2D eigenvalue weighted by atomic mass is 10.2. The van der Waals surface area contributed by atoms with Crippen LogP contribution in [0.25, 0.3) is 0 Å². The molecule has 0 saturated heterocycles. The van der Waals surface area contributed by atoms with Crippen LogP contribution in [0.3, 0.4) is 0 Å². The fourth-order valence-electron chi connectivity index (χ4n) is 1.56. The molecule has 2 amide bonds. The number of likely N-dealkylation sites (N-methyl/N-ethyl adjacent to an activating group) is 1. The van der Waals surface area contributed by atoms with Crippen LogP contribution in [0.2, 0.25) is 5.02 Å². The van der Waals surface area contributed by atoms with Crippen molar-refractivity contribution in [2.24, 2.45) is 0 Å². The smallest absolute Gasteiger partial charge is 0.262 e. The van der Waals surface area contributed by atoms with Crippen molar-refractivity contribution in [3.63, 3.8) is 0 Å². The highest BCUT2D eigenvalue weighted by atomic mass is 35.5. The first-order valence-electron chi connectivity index (χ1n) is 5.67. The van der Waals surface area contributed by atoms with Gasteiger partial charge >= 0.3 is 0 Å². The summed E-state index contributed by atoms with van der Waals surface area (Å²) < 4.78 is 5.28. The lowest BCUT2D eigenvalue weighted by molar-refractivity contribution is -0.126. The number of anilines is 2. The topological polar surface area (TPSA) is 70.7 Å². The van der Waals surface area contributed by atoms with Gasteiger partial charge in [-0.25, -0.2) is 0 Å². The van der Waals surface area contributed by atoms with Crippen molar-refractivity contribution < 1.29 is 14.3 Å². The number of halogens is 1. The van der Waals surface area contributed by atoms with E-state index in [9.17, 15) is 9.59 Å². The standard InChI is InChI=1S/C12H14ClN3O3/c1-16(2)12(18)5-14-8-4-10-9(3-7(8)13)15-11(17)6-19-10/h3-4,14H,5-6H2,1-2H3,(H,15,17). The Hall–Kier alpha value is -1.95. The fourth-order valence-corrected chi connectivity index (χ4v) is 1.79. The van der Waals surface area contributed by atoms with Crippen LogP contribution in [-0.4, -0.2) is 44.0 Å². The highest BCUT2D eigenvalue weighted by Gasteiger charge is 2.18. The van der Waals surface area contributed by atoms with E-state index in [0.717, 1.165) is 0 Å². The zero-order valence-corrected chi connectivity index (χ0v) is 11.4. The van der Waals surface area contributed by atoms with Crippen molar-refractivity contribution >= 4 is 34.8 Å². The molecule has 1 aromatic rings. The first-order valence-corrected chi connectivity index (χ1v) is 6.05. The van der Waals surface area contributed by atoms with E-state index in [0.29, 0.717) is 22.1 Å². The van der Waals surface area contributed by atoms with Gasteiger partial charge in [0.2, 0.25) is 5.91 Å². The van der Waals surface area contributed by atoms with E-state index in [1.807, 2.05) is 0 Å². The van der Waals surface area contributed by atoms with Gasteiger partial charge in [-0.3, -0.25) is 9.59 Å². The molecule has 7 heteroatoms. The van der Waals surface area contributed by atoms with Crippen LogP contribution in [-0.2, 0) is 9.59 Å². The second kappa shape index (κ2) is 5.36. The molecule has 6 nitrogen and oxygen atoms in total. The van der Waals surface area contributed by atoms with Crippen molar-refractivity contribution in [1.82, 2.24) is 4.90 Å². The molecule has 0 radical (unpaired) electrons. The Morgan fingerprint density at radius 2 is 2.26 bits per heavy atom. The summed E-state index contributed by atoms with van der Waals surface area (Å²) >= 11 is 6.08. The van der Waals surface area contributed by atoms with Gasteiger partial charge in [-0.05, 0) is 6.07 Å². The van der Waals surface area contributed by atoms with Gasteiger partial charge < -0.3 is 20.3 Å². The minimum absolute atomic E-state index is 0.0231. The minimum atomic E-state index is -0.216. The highest BCUT2D eigenvalue weighted by Crippen LogP contribution is 2.36. The van der Waals surface area contributed by atoms with Crippen molar-refractivity contribution in [2.45, 2.75) is 0 Å². The monoisotopic (exact) mass is 283 g/mol. The molecule has 2 rings (SSSR count). The Kier molecular flexibility index (Phi) is 3.80. The molecule has 0 saturated carbocycles. The summed E-state index contributed by atoms with van der Waals surface area (Å²) in [6.45, 7) is 0.114. The van der Waals surface area contributed by atoms with Crippen LogP contribution in [0.15, 0.2) is 12.1 Å². The average Bonchev–Trinajstić information content (AvgIpc) is 2.35. The Morgan fingerprint density at radius 3 is 2.95 bits per heavy atom. The summed E-state index contributed by atoms with van der Waals surface area (Å²) in [4.78, 5) is 24.1. The fraction of sp³-hybridized carbons (Fsp3) is 0.333. The lowest BCUT2D eigenvalue weighted by Crippen LogP contribution is -2.29. The van der Waals surface area contributed by atoms with Crippen molar-refractivity contribution in [1.29, 1.82) is 0 Å². The number of amides is 2. The molecule has 19 heavy (non-hydrogen) atoms. The van der Waals surface area contributed by atoms with Gasteiger partial charge in [0, 0.05) is 20.2 Å². The van der Waals surface area contributed by atoms with E-state index < -0.39 is 0 Å².